The predicted molar refractivity (Wildman–Crippen MR) is 85.4 cm³/mol. The number of fused-ring (bicyclic) bond motifs is 1. The van der Waals surface area contributed by atoms with Crippen LogP contribution >= 0.6 is 0 Å². The highest BCUT2D eigenvalue weighted by atomic mass is 16.2. The van der Waals surface area contributed by atoms with Gasteiger partial charge >= 0.3 is 5.69 Å². The van der Waals surface area contributed by atoms with Crippen molar-refractivity contribution < 1.29 is 0 Å². The molecule has 0 spiro atoms. The second-order valence-corrected chi connectivity index (χ2v) is 6.12. The van der Waals surface area contributed by atoms with Crippen molar-refractivity contribution in [3.8, 4) is 0 Å². The highest BCUT2D eigenvalue weighted by molar-refractivity contribution is 5.70. The molecule has 7 nitrogen and oxygen atoms in total. The molecule has 120 valence electrons. The van der Waals surface area contributed by atoms with Gasteiger partial charge in [-0.25, -0.2) is 9.78 Å². The van der Waals surface area contributed by atoms with Crippen LogP contribution in [0.15, 0.2) is 9.59 Å². The Morgan fingerprint density at radius 3 is 2.64 bits per heavy atom. The third-order valence-corrected chi connectivity index (χ3v) is 4.70. The van der Waals surface area contributed by atoms with Crippen molar-refractivity contribution in [3.63, 3.8) is 0 Å². The predicted octanol–water partition coefficient (Wildman–Crippen LogP) is 0.861. The highest BCUT2D eigenvalue weighted by Crippen LogP contribution is 2.24. The van der Waals surface area contributed by atoms with E-state index in [0.29, 0.717) is 17.1 Å². The number of piperidine rings is 1. The molecule has 1 saturated heterocycles. The Balaban J connectivity index is 2.23. The smallest absolute Gasteiger partial charge is 0.332 e. The molecule has 1 unspecified atom stereocenters. The Hall–Kier alpha value is -1.89. The van der Waals surface area contributed by atoms with Crippen LogP contribution in [-0.2, 0) is 7.05 Å². The molecule has 2 aromatic rings. The highest BCUT2D eigenvalue weighted by Gasteiger charge is 2.23. The fourth-order valence-electron chi connectivity index (χ4n) is 3.08. The van der Waals surface area contributed by atoms with E-state index in [9.17, 15) is 9.59 Å². The molecule has 3 heterocycles. The maximum absolute atomic E-state index is 12.5. The molecule has 0 aromatic carbocycles. The number of nitrogens with zero attached hydrogens (tertiary/aromatic N) is 3. The average Bonchev–Trinajstić information content (AvgIpc) is 2.98. The number of rotatable bonds is 3. The van der Waals surface area contributed by atoms with Gasteiger partial charge in [-0.05, 0) is 39.3 Å². The summed E-state index contributed by atoms with van der Waals surface area (Å²) in [5, 5.41) is 3.32. The minimum absolute atomic E-state index is 0.00553. The molecule has 0 radical (unpaired) electrons. The summed E-state index contributed by atoms with van der Waals surface area (Å²) in [7, 11) is 1.52. The molecule has 2 N–H and O–H groups in total. The van der Waals surface area contributed by atoms with Gasteiger partial charge in [0.05, 0.1) is 0 Å². The molecule has 3 rings (SSSR count). The summed E-state index contributed by atoms with van der Waals surface area (Å²) >= 11 is 0. The Morgan fingerprint density at radius 1 is 1.32 bits per heavy atom. The number of aromatic nitrogens is 4. The van der Waals surface area contributed by atoms with E-state index >= 15 is 0 Å². The van der Waals surface area contributed by atoms with E-state index < -0.39 is 0 Å². The van der Waals surface area contributed by atoms with Crippen LogP contribution in [-0.4, -0.2) is 32.2 Å². The van der Waals surface area contributed by atoms with Crippen LogP contribution in [0.5, 0.6) is 0 Å². The topological polar surface area (TPSA) is 84.7 Å². The fraction of sp³-hybridized carbons (Fsp3) is 0.667. The zero-order valence-corrected chi connectivity index (χ0v) is 13.3. The molecule has 22 heavy (non-hydrogen) atoms. The number of imidazole rings is 1. The van der Waals surface area contributed by atoms with E-state index in [-0.39, 0.29) is 17.3 Å². The minimum Gasteiger partial charge on any atom is -0.336 e. The monoisotopic (exact) mass is 305 g/mol. The van der Waals surface area contributed by atoms with Crippen molar-refractivity contribution in [3.05, 3.63) is 26.7 Å². The Labute approximate surface area is 128 Å². The summed E-state index contributed by atoms with van der Waals surface area (Å²) in [6, 6.07) is 0.00553. The molecule has 1 fully saturated rings. The molecule has 0 aliphatic carbocycles. The molecular formula is C15H23N5O2. The first-order valence-electron chi connectivity index (χ1n) is 7.96. The first-order valence-corrected chi connectivity index (χ1v) is 7.96. The second-order valence-electron chi connectivity index (χ2n) is 6.12. The van der Waals surface area contributed by atoms with Crippen molar-refractivity contribution in [1.82, 2.24) is 24.4 Å². The van der Waals surface area contributed by atoms with Crippen molar-refractivity contribution in [2.75, 3.05) is 13.1 Å². The number of aromatic amines is 1. The fourth-order valence-corrected chi connectivity index (χ4v) is 3.08. The quantitative estimate of drug-likeness (QED) is 0.881. The molecule has 0 bridgehead atoms. The normalized spacial score (nSPS) is 18.0. The van der Waals surface area contributed by atoms with E-state index in [1.807, 2.05) is 13.8 Å². The van der Waals surface area contributed by atoms with Crippen molar-refractivity contribution >= 4 is 11.2 Å². The second kappa shape index (κ2) is 5.72. The Bertz CT molecular complexity index is 795. The lowest BCUT2D eigenvalue weighted by Gasteiger charge is -2.20. The molecule has 1 aliphatic heterocycles. The maximum atomic E-state index is 12.5. The molecule has 7 heteroatoms. The van der Waals surface area contributed by atoms with Gasteiger partial charge < -0.3 is 10.3 Å². The third-order valence-electron chi connectivity index (χ3n) is 4.70. The van der Waals surface area contributed by atoms with E-state index in [1.165, 1.54) is 11.6 Å². The lowest BCUT2D eigenvalue weighted by molar-refractivity contribution is 0.447. The van der Waals surface area contributed by atoms with Gasteiger partial charge in [0.25, 0.3) is 5.56 Å². The number of nitrogens with one attached hydrogen (secondary N) is 2. The van der Waals surface area contributed by atoms with E-state index in [2.05, 4.69) is 15.3 Å². The van der Waals surface area contributed by atoms with Crippen LogP contribution in [0.1, 0.15) is 50.9 Å². The summed E-state index contributed by atoms with van der Waals surface area (Å²) in [5.41, 5.74) is 0.342. The molecule has 0 saturated carbocycles. The minimum atomic E-state index is -0.299. The molecule has 1 atom stereocenters. The summed E-state index contributed by atoms with van der Waals surface area (Å²) < 4.78 is 2.80. The molecule has 2 aromatic heterocycles. The van der Waals surface area contributed by atoms with Crippen LogP contribution in [0, 0.1) is 0 Å². The summed E-state index contributed by atoms with van der Waals surface area (Å²) in [6.45, 7) is 5.91. The number of H-pyrrole nitrogens is 1. The zero-order chi connectivity index (χ0) is 15.9. The van der Waals surface area contributed by atoms with Crippen LogP contribution in [0.2, 0.25) is 0 Å². The lowest BCUT2D eigenvalue weighted by atomic mass is 9.98. The van der Waals surface area contributed by atoms with Crippen molar-refractivity contribution in [1.29, 1.82) is 0 Å². The van der Waals surface area contributed by atoms with Gasteiger partial charge in [-0.2, -0.15) is 0 Å². The van der Waals surface area contributed by atoms with Gasteiger partial charge in [0, 0.05) is 19.0 Å². The van der Waals surface area contributed by atoms with E-state index in [0.717, 1.165) is 38.2 Å². The van der Waals surface area contributed by atoms with Gasteiger partial charge in [0.15, 0.2) is 5.65 Å². The maximum Gasteiger partial charge on any atom is 0.332 e. The van der Waals surface area contributed by atoms with Crippen LogP contribution in [0.25, 0.3) is 11.2 Å². The third kappa shape index (κ3) is 2.29. The standard InChI is InChI=1S/C15H23N5O2/c1-4-9(2)20-13-11(14(21)19(3)15(20)22)17-12(18-13)10-5-7-16-8-6-10/h9-10,16H,4-8H2,1-3H3,(H,17,18). The first kappa shape index (κ1) is 15.0. The summed E-state index contributed by atoms with van der Waals surface area (Å²) in [6.07, 6.45) is 2.80. The van der Waals surface area contributed by atoms with Gasteiger partial charge in [0.1, 0.15) is 11.3 Å². The average molecular weight is 305 g/mol. The number of hydrogen-bond acceptors (Lipinski definition) is 4. The van der Waals surface area contributed by atoms with Crippen LogP contribution in [0.4, 0.5) is 0 Å². The van der Waals surface area contributed by atoms with Gasteiger partial charge in [-0.15, -0.1) is 0 Å². The van der Waals surface area contributed by atoms with Gasteiger partial charge in [-0.1, -0.05) is 6.92 Å². The van der Waals surface area contributed by atoms with Gasteiger partial charge in [0.2, 0.25) is 0 Å². The summed E-state index contributed by atoms with van der Waals surface area (Å²) in [4.78, 5) is 32.6. The SMILES string of the molecule is CCC(C)n1c(=O)n(C)c(=O)c2[nH]c(C3CCNCC3)nc21. The Morgan fingerprint density at radius 2 is 2.00 bits per heavy atom. The van der Waals surface area contributed by atoms with E-state index in [4.69, 9.17) is 0 Å². The lowest BCUT2D eigenvalue weighted by Crippen LogP contribution is -2.39. The molecule has 0 amide bonds. The Kier molecular flexibility index (Phi) is 3.90. The van der Waals surface area contributed by atoms with Gasteiger partial charge in [-0.3, -0.25) is 13.9 Å². The van der Waals surface area contributed by atoms with Crippen molar-refractivity contribution in [2.45, 2.75) is 45.1 Å². The van der Waals surface area contributed by atoms with E-state index in [1.54, 1.807) is 4.57 Å². The zero-order valence-electron chi connectivity index (χ0n) is 13.3. The molecule has 1 aliphatic rings. The first-order chi connectivity index (χ1) is 10.5. The molecular weight excluding hydrogens is 282 g/mol. The van der Waals surface area contributed by atoms with Crippen LogP contribution in [0.3, 0.4) is 0 Å². The number of hydrogen-bond donors (Lipinski definition) is 2. The van der Waals surface area contributed by atoms with Crippen molar-refractivity contribution in [2.24, 2.45) is 7.05 Å². The largest absolute Gasteiger partial charge is 0.336 e. The van der Waals surface area contributed by atoms with Crippen LogP contribution < -0.4 is 16.6 Å². The summed E-state index contributed by atoms with van der Waals surface area (Å²) in [5.74, 6) is 1.15.